The number of aryl methyl sites for hydroxylation is 2. The molecule has 176 valence electrons. The molecule has 1 aliphatic rings. The molecule has 3 aromatic rings. The van der Waals surface area contributed by atoms with E-state index in [1.54, 1.807) is 6.21 Å². The highest BCUT2D eigenvalue weighted by Gasteiger charge is 2.18. The molecular weight excluding hydrogens is 426 g/mol. The van der Waals surface area contributed by atoms with Crippen molar-refractivity contribution in [1.29, 1.82) is 0 Å². The molecule has 4 rings (SSSR count). The second kappa shape index (κ2) is 10.4. The largest absolute Gasteiger partial charge is 0.457 e. The van der Waals surface area contributed by atoms with Gasteiger partial charge in [0.15, 0.2) is 12.1 Å². The van der Waals surface area contributed by atoms with Gasteiger partial charge in [-0.1, -0.05) is 19.9 Å². The zero-order chi connectivity index (χ0) is 24.1. The third-order valence-corrected chi connectivity index (χ3v) is 5.74. The van der Waals surface area contributed by atoms with E-state index in [-0.39, 0.29) is 6.29 Å². The highest BCUT2D eigenvalue weighted by molar-refractivity contribution is 5.92. The molecule has 1 aliphatic heterocycles. The van der Waals surface area contributed by atoms with Crippen LogP contribution < -0.4 is 20.7 Å². The molecule has 2 aromatic carbocycles. The number of nitrogens with zero attached hydrogens (tertiary/aromatic N) is 4. The van der Waals surface area contributed by atoms with Gasteiger partial charge in [0, 0.05) is 18.0 Å². The normalized spacial score (nSPS) is 15.6. The number of rotatable bonds is 8. The van der Waals surface area contributed by atoms with E-state index in [9.17, 15) is 0 Å². The van der Waals surface area contributed by atoms with Crippen molar-refractivity contribution < 1.29 is 4.74 Å². The van der Waals surface area contributed by atoms with Gasteiger partial charge in [-0.05, 0) is 68.6 Å². The molecule has 0 saturated carbocycles. The van der Waals surface area contributed by atoms with Crippen LogP contribution in [0.5, 0.6) is 11.5 Å². The summed E-state index contributed by atoms with van der Waals surface area (Å²) in [5, 5.41) is 9.75. The Hall–Kier alpha value is -3.78. The van der Waals surface area contributed by atoms with E-state index in [4.69, 9.17) is 4.74 Å². The summed E-state index contributed by atoms with van der Waals surface area (Å²) >= 11 is 0. The van der Waals surface area contributed by atoms with Crippen molar-refractivity contribution in [3.63, 3.8) is 0 Å². The molecule has 0 fully saturated rings. The van der Waals surface area contributed by atoms with E-state index in [2.05, 4.69) is 56.7 Å². The average molecular weight is 458 g/mol. The van der Waals surface area contributed by atoms with Gasteiger partial charge in [-0.15, -0.1) is 0 Å². The first kappa shape index (κ1) is 23.4. The van der Waals surface area contributed by atoms with Crippen molar-refractivity contribution >= 4 is 35.3 Å². The van der Waals surface area contributed by atoms with Crippen molar-refractivity contribution in [2.45, 2.75) is 40.4 Å². The van der Waals surface area contributed by atoms with Crippen molar-refractivity contribution in [2.24, 2.45) is 15.9 Å². The van der Waals surface area contributed by atoms with Gasteiger partial charge >= 0.3 is 0 Å². The van der Waals surface area contributed by atoms with Crippen LogP contribution in [0.3, 0.4) is 0 Å². The van der Waals surface area contributed by atoms with E-state index >= 15 is 0 Å². The standard InChI is InChI=1S/C26H31N7O/c1-6-16(2)13-28-21-12-20(9-7-17(21)3)34-23-10-8-19(11-18(23)4)32-25-24-22(30-15-31-25)14-29-26(27-5)33-24/h7-16,26-27,33H,6H2,1-5H3,(H,30,31,32). The summed E-state index contributed by atoms with van der Waals surface area (Å²) in [6.45, 7) is 8.41. The van der Waals surface area contributed by atoms with Crippen molar-refractivity contribution in [1.82, 2.24) is 15.3 Å². The highest BCUT2D eigenvalue weighted by atomic mass is 16.5. The van der Waals surface area contributed by atoms with E-state index in [0.29, 0.717) is 11.7 Å². The fraction of sp³-hybridized carbons (Fsp3) is 0.308. The first-order valence-electron chi connectivity index (χ1n) is 11.5. The Morgan fingerprint density at radius 2 is 2.00 bits per heavy atom. The number of benzene rings is 2. The third-order valence-electron chi connectivity index (χ3n) is 5.74. The van der Waals surface area contributed by atoms with Crippen molar-refractivity contribution in [3.05, 3.63) is 59.5 Å². The Labute approximate surface area is 200 Å². The molecule has 1 aromatic heterocycles. The van der Waals surface area contributed by atoms with Gasteiger partial charge in [-0.2, -0.15) is 0 Å². The maximum Gasteiger partial charge on any atom is 0.173 e. The van der Waals surface area contributed by atoms with Crippen LogP contribution in [0, 0.1) is 19.8 Å². The fourth-order valence-corrected chi connectivity index (χ4v) is 3.41. The van der Waals surface area contributed by atoms with Crippen LogP contribution in [0.1, 0.15) is 37.1 Å². The van der Waals surface area contributed by atoms with Crippen LogP contribution in [-0.2, 0) is 0 Å². The zero-order valence-electron chi connectivity index (χ0n) is 20.3. The number of fused-ring (bicyclic) bond motifs is 1. The molecule has 0 aliphatic carbocycles. The molecule has 0 bridgehead atoms. The number of ether oxygens (including phenoxy) is 1. The molecule has 0 spiro atoms. The lowest BCUT2D eigenvalue weighted by Crippen LogP contribution is -2.34. The summed E-state index contributed by atoms with van der Waals surface area (Å²) in [6.07, 6.45) is 6.12. The molecule has 0 radical (unpaired) electrons. The first-order chi connectivity index (χ1) is 16.5. The summed E-state index contributed by atoms with van der Waals surface area (Å²) in [6, 6.07) is 12.0. The molecule has 0 amide bonds. The van der Waals surface area contributed by atoms with E-state index in [1.807, 2.05) is 56.6 Å². The molecule has 8 heteroatoms. The number of aliphatic imine (C=N–C) groups is 2. The Kier molecular flexibility index (Phi) is 7.18. The molecule has 2 heterocycles. The number of anilines is 3. The maximum atomic E-state index is 6.20. The smallest absolute Gasteiger partial charge is 0.173 e. The lowest BCUT2D eigenvalue weighted by molar-refractivity contribution is 0.479. The van der Waals surface area contributed by atoms with Gasteiger partial charge in [0.25, 0.3) is 0 Å². The molecule has 8 nitrogen and oxygen atoms in total. The SMILES string of the molecule is CCC(C)C=Nc1cc(Oc2ccc(Nc3ncnc4c3NC(NC)N=C4)cc2C)ccc1C. The van der Waals surface area contributed by atoms with Gasteiger partial charge < -0.3 is 15.4 Å². The topological polar surface area (TPSA) is 95.8 Å². The average Bonchev–Trinajstić information content (AvgIpc) is 2.85. The predicted octanol–water partition coefficient (Wildman–Crippen LogP) is 5.73. The monoisotopic (exact) mass is 457 g/mol. The van der Waals surface area contributed by atoms with Crippen molar-refractivity contribution in [3.8, 4) is 11.5 Å². The molecule has 3 N–H and O–H groups in total. The predicted molar refractivity (Wildman–Crippen MR) is 139 cm³/mol. The van der Waals surface area contributed by atoms with Gasteiger partial charge in [0.2, 0.25) is 0 Å². The van der Waals surface area contributed by atoms with Crippen LogP contribution in [-0.4, -0.2) is 35.7 Å². The molecule has 2 unspecified atom stereocenters. The van der Waals surface area contributed by atoms with E-state index < -0.39 is 0 Å². The second-order valence-corrected chi connectivity index (χ2v) is 8.42. The Morgan fingerprint density at radius 3 is 2.76 bits per heavy atom. The minimum Gasteiger partial charge on any atom is -0.457 e. The molecule has 2 atom stereocenters. The van der Waals surface area contributed by atoms with Crippen LogP contribution in [0.15, 0.2) is 52.7 Å². The first-order valence-corrected chi connectivity index (χ1v) is 11.5. The van der Waals surface area contributed by atoms with Crippen LogP contribution >= 0.6 is 0 Å². The van der Waals surface area contributed by atoms with Crippen LogP contribution in [0.25, 0.3) is 0 Å². The molecule has 0 saturated heterocycles. The lowest BCUT2D eigenvalue weighted by Gasteiger charge is -2.22. The number of nitrogens with one attached hydrogen (secondary N) is 3. The minimum absolute atomic E-state index is 0.217. The number of aromatic nitrogens is 2. The second-order valence-electron chi connectivity index (χ2n) is 8.42. The summed E-state index contributed by atoms with van der Waals surface area (Å²) in [7, 11) is 1.84. The highest BCUT2D eigenvalue weighted by Crippen LogP contribution is 2.33. The molecular formula is C26H31N7O. The summed E-state index contributed by atoms with van der Waals surface area (Å²) in [4.78, 5) is 17.7. The lowest BCUT2D eigenvalue weighted by atomic mass is 10.1. The van der Waals surface area contributed by atoms with Gasteiger partial charge in [-0.3, -0.25) is 15.3 Å². The summed E-state index contributed by atoms with van der Waals surface area (Å²) < 4.78 is 6.20. The quantitative estimate of drug-likeness (QED) is 0.374. The van der Waals surface area contributed by atoms with Crippen LogP contribution in [0.4, 0.5) is 22.9 Å². The molecule has 34 heavy (non-hydrogen) atoms. The van der Waals surface area contributed by atoms with Crippen molar-refractivity contribution in [2.75, 3.05) is 17.7 Å². The number of hydrogen-bond donors (Lipinski definition) is 3. The van der Waals surface area contributed by atoms with Crippen LogP contribution in [0.2, 0.25) is 0 Å². The maximum absolute atomic E-state index is 6.20. The Morgan fingerprint density at radius 1 is 1.15 bits per heavy atom. The Balaban J connectivity index is 1.51. The van der Waals surface area contributed by atoms with E-state index in [0.717, 1.165) is 51.8 Å². The fourth-order valence-electron chi connectivity index (χ4n) is 3.41. The summed E-state index contributed by atoms with van der Waals surface area (Å²) in [5.41, 5.74) is 5.50. The van der Waals surface area contributed by atoms with Gasteiger partial charge in [-0.25, -0.2) is 9.97 Å². The zero-order valence-corrected chi connectivity index (χ0v) is 20.3. The van der Waals surface area contributed by atoms with Gasteiger partial charge in [0.05, 0.1) is 11.9 Å². The van der Waals surface area contributed by atoms with E-state index in [1.165, 1.54) is 6.33 Å². The van der Waals surface area contributed by atoms with Gasteiger partial charge in [0.1, 0.15) is 29.2 Å². The third kappa shape index (κ3) is 5.40. The summed E-state index contributed by atoms with van der Waals surface area (Å²) in [5.74, 6) is 2.68. The number of hydrogen-bond acceptors (Lipinski definition) is 8. The minimum atomic E-state index is -0.217. The Bertz CT molecular complexity index is 1220.